The first-order chi connectivity index (χ1) is 14.5. The third-order valence-corrected chi connectivity index (χ3v) is 5.42. The summed E-state index contributed by atoms with van der Waals surface area (Å²) in [6, 6.07) is 16.2. The number of rotatable bonds is 5. The number of ether oxygens (including phenoxy) is 1. The highest BCUT2D eigenvalue weighted by atomic mass is 35.5. The van der Waals surface area contributed by atoms with E-state index in [0.717, 1.165) is 16.8 Å². The van der Waals surface area contributed by atoms with Gasteiger partial charge in [0.1, 0.15) is 22.9 Å². The maximum Gasteiger partial charge on any atom is 0.256 e. The minimum absolute atomic E-state index is 0.263. The molecule has 0 saturated heterocycles. The molecule has 0 aliphatic heterocycles. The van der Waals surface area contributed by atoms with Gasteiger partial charge in [0.2, 0.25) is 0 Å². The van der Waals surface area contributed by atoms with Crippen LogP contribution in [0.25, 0.3) is 16.9 Å². The molecule has 0 atom stereocenters. The van der Waals surface area contributed by atoms with Gasteiger partial charge < -0.3 is 10.1 Å². The first kappa shape index (κ1) is 20.3. The molecule has 2 aromatic carbocycles. The smallest absolute Gasteiger partial charge is 0.256 e. The second-order valence-corrected chi connectivity index (χ2v) is 7.55. The second kappa shape index (κ2) is 8.38. The lowest BCUT2D eigenvalue weighted by Crippen LogP contribution is -2.14. The highest BCUT2D eigenvalue weighted by molar-refractivity contribution is 6.42. The van der Waals surface area contributed by atoms with Crippen LogP contribution in [-0.2, 0) is 0 Å². The third-order valence-electron chi connectivity index (χ3n) is 4.68. The van der Waals surface area contributed by atoms with Crippen LogP contribution in [0.2, 0.25) is 10.0 Å². The summed E-state index contributed by atoms with van der Waals surface area (Å²) in [6.45, 7) is 4.40. The third kappa shape index (κ3) is 3.86. The van der Waals surface area contributed by atoms with Gasteiger partial charge in [-0.3, -0.25) is 9.20 Å². The summed E-state index contributed by atoms with van der Waals surface area (Å²) in [5.74, 6) is 0.934. The first-order valence-electron chi connectivity index (χ1n) is 9.45. The molecule has 0 saturated carbocycles. The number of benzene rings is 2. The number of carbonyl (C=O) groups excluding carboxylic acids is 1. The number of aromatic nitrogens is 2. The first-order valence-corrected chi connectivity index (χ1v) is 10.2. The van der Waals surface area contributed by atoms with E-state index in [9.17, 15) is 4.79 Å². The molecule has 4 aromatic rings. The van der Waals surface area contributed by atoms with Gasteiger partial charge in [-0.2, -0.15) is 0 Å². The van der Waals surface area contributed by atoms with Crippen LogP contribution in [0.1, 0.15) is 22.8 Å². The fraction of sp³-hybridized carbons (Fsp3) is 0.130. The maximum absolute atomic E-state index is 13.0. The van der Waals surface area contributed by atoms with E-state index < -0.39 is 0 Å². The molecule has 7 heteroatoms. The van der Waals surface area contributed by atoms with Crippen molar-refractivity contribution >= 4 is 40.6 Å². The predicted octanol–water partition coefficient (Wildman–Crippen LogP) is 6.27. The molecule has 4 rings (SSSR count). The molecule has 0 fully saturated rings. The van der Waals surface area contributed by atoms with E-state index in [1.807, 2.05) is 48.7 Å². The van der Waals surface area contributed by atoms with Crippen molar-refractivity contribution < 1.29 is 9.53 Å². The zero-order chi connectivity index (χ0) is 21.3. The number of hydrogen-bond acceptors (Lipinski definition) is 3. The quantitative estimate of drug-likeness (QED) is 0.398. The summed E-state index contributed by atoms with van der Waals surface area (Å²) in [6.07, 6.45) is 1.86. The number of aryl methyl sites for hydroxylation is 1. The van der Waals surface area contributed by atoms with Crippen LogP contribution in [0, 0.1) is 6.92 Å². The van der Waals surface area contributed by atoms with Crippen LogP contribution in [0.5, 0.6) is 5.75 Å². The number of imidazole rings is 1. The van der Waals surface area contributed by atoms with Gasteiger partial charge in [-0.15, -0.1) is 0 Å². The van der Waals surface area contributed by atoms with Crippen molar-refractivity contribution in [1.82, 2.24) is 9.38 Å². The Bertz CT molecular complexity index is 1250. The average molecular weight is 440 g/mol. The van der Waals surface area contributed by atoms with E-state index in [4.69, 9.17) is 32.9 Å². The largest absolute Gasteiger partial charge is 0.494 e. The van der Waals surface area contributed by atoms with Crippen molar-refractivity contribution in [1.29, 1.82) is 0 Å². The van der Waals surface area contributed by atoms with Crippen LogP contribution in [0.15, 0.2) is 60.8 Å². The molecule has 0 unspecified atom stereocenters. The lowest BCUT2D eigenvalue weighted by Gasteiger charge is -2.10. The van der Waals surface area contributed by atoms with Gasteiger partial charge in [0.15, 0.2) is 0 Å². The van der Waals surface area contributed by atoms with Crippen molar-refractivity contribution in [2.24, 2.45) is 0 Å². The number of nitrogens with one attached hydrogen (secondary N) is 1. The van der Waals surface area contributed by atoms with Crippen LogP contribution >= 0.6 is 23.2 Å². The average Bonchev–Trinajstić information content (AvgIpc) is 3.10. The SMILES string of the molecule is CCOc1cccc(C(=O)Nc2c(-c3ccc(Cl)c(Cl)c3)nc3c(C)cccn23)c1. The number of fused-ring (bicyclic) bond motifs is 1. The summed E-state index contributed by atoms with van der Waals surface area (Å²) in [5, 5.41) is 3.89. The monoisotopic (exact) mass is 439 g/mol. The molecule has 0 aliphatic carbocycles. The van der Waals surface area contributed by atoms with E-state index in [1.54, 1.807) is 30.3 Å². The molecule has 0 spiro atoms. The van der Waals surface area contributed by atoms with E-state index in [0.29, 0.717) is 39.5 Å². The lowest BCUT2D eigenvalue weighted by molar-refractivity contribution is 0.102. The standard InChI is InChI=1S/C23H19Cl2N3O2/c1-3-30-17-8-4-7-16(12-17)23(29)27-22-20(15-9-10-18(24)19(25)13-15)26-21-14(2)6-5-11-28(21)22/h4-13H,3H2,1-2H3,(H,27,29). The molecule has 0 aliphatic rings. The number of anilines is 1. The number of nitrogens with zero attached hydrogens (tertiary/aromatic N) is 2. The summed E-state index contributed by atoms with van der Waals surface area (Å²) >= 11 is 12.3. The van der Waals surface area contributed by atoms with Gasteiger partial charge in [0.05, 0.1) is 16.7 Å². The molecule has 0 radical (unpaired) electrons. The summed E-state index contributed by atoms with van der Waals surface area (Å²) in [5.41, 5.74) is 3.58. The topological polar surface area (TPSA) is 55.6 Å². The molecular formula is C23H19Cl2N3O2. The molecule has 0 bridgehead atoms. The number of pyridine rings is 1. The van der Waals surface area contributed by atoms with Crippen molar-refractivity contribution in [3.63, 3.8) is 0 Å². The Kier molecular flexibility index (Phi) is 5.66. The van der Waals surface area contributed by atoms with E-state index in [1.165, 1.54) is 0 Å². The Morgan fingerprint density at radius 3 is 2.70 bits per heavy atom. The number of hydrogen-bond donors (Lipinski definition) is 1. The van der Waals surface area contributed by atoms with Crippen LogP contribution in [-0.4, -0.2) is 21.9 Å². The zero-order valence-electron chi connectivity index (χ0n) is 16.4. The highest BCUT2D eigenvalue weighted by Gasteiger charge is 2.19. The van der Waals surface area contributed by atoms with E-state index >= 15 is 0 Å². The minimum Gasteiger partial charge on any atom is -0.494 e. The fourth-order valence-electron chi connectivity index (χ4n) is 3.24. The number of carbonyl (C=O) groups is 1. The number of halogens is 2. The Morgan fingerprint density at radius 2 is 1.93 bits per heavy atom. The Hall–Kier alpha value is -3.02. The van der Waals surface area contributed by atoms with E-state index in [-0.39, 0.29) is 5.91 Å². The summed E-state index contributed by atoms with van der Waals surface area (Å²) in [7, 11) is 0. The predicted molar refractivity (Wildman–Crippen MR) is 121 cm³/mol. The second-order valence-electron chi connectivity index (χ2n) is 6.74. The van der Waals surface area contributed by atoms with Crippen molar-refractivity contribution in [2.75, 3.05) is 11.9 Å². The highest BCUT2D eigenvalue weighted by Crippen LogP contribution is 2.34. The zero-order valence-corrected chi connectivity index (χ0v) is 18.0. The molecule has 1 N–H and O–H groups in total. The maximum atomic E-state index is 13.0. The molecule has 30 heavy (non-hydrogen) atoms. The van der Waals surface area contributed by atoms with Gasteiger partial charge in [-0.05, 0) is 55.8 Å². The minimum atomic E-state index is -0.263. The summed E-state index contributed by atoms with van der Waals surface area (Å²) < 4.78 is 7.37. The molecule has 5 nitrogen and oxygen atoms in total. The van der Waals surface area contributed by atoms with Crippen molar-refractivity contribution in [3.8, 4) is 17.0 Å². The number of amides is 1. The fourth-order valence-corrected chi connectivity index (χ4v) is 3.54. The molecule has 2 aromatic heterocycles. The lowest BCUT2D eigenvalue weighted by atomic mass is 10.1. The molecule has 152 valence electrons. The van der Waals surface area contributed by atoms with Crippen LogP contribution in [0.3, 0.4) is 0 Å². The Labute approximate surface area is 184 Å². The normalized spacial score (nSPS) is 10.9. The summed E-state index contributed by atoms with van der Waals surface area (Å²) in [4.78, 5) is 17.8. The molecule has 2 heterocycles. The van der Waals surface area contributed by atoms with Gasteiger partial charge in [0, 0.05) is 17.3 Å². The van der Waals surface area contributed by atoms with Gasteiger partial charge in [0.25, 0.3) is 5.91 Å². The Balaban J connectivity index is 1.81. The van der Waals surface area contributed by atoms with Crippen LogP contribution in [0.4, 0.5) is 5.82 Å². The molecular weight excluding hydrogens is 421 g/mol. The van der Waals surface area contributed by atoms with Gasteiger partial charge >= 0.3 is 0 Å². The van der Waals surface area contributed by atoms with E-state index in [2.05, 4.69) is 5.32 Å². The Morgan fingerprint density at radius 1 is 1.10 bits per heavy atom. The van der Waals surface area contributed by atoms with Gasteiger partial charge in [-0.25, -0.2) is 4.98 Å². The van der Waals surface area contributed by atoms with Crippen LogP contribution < -0.4 is 10.1 Å². The van der Waals surface area contributed by atoms with Gasteiger partial charge in [-0.1, -0.05) is 41.4 Å². The molecule has 1 amide bonds. The van der Waals surface area contributed by atoms with Crippen molar-refractivity contribution in [3.05, 3.63) is 82.0 Å². The van der Waals surface area contributed by atoms with Crippen molar-refractivity contribution in [2.45, 2.75) is 13.8 Å².